The van der Waals surface area contributed by atoms with Crippen molar-refractivity contribution in [1.29, 1.82) is 0 Å². The summed E-state index contributed by atoms with van der Waals surface area (Å²) in [4.78, 5) is 0. The van der Waals surface area contributed by atoms with Gasteiger partial charge in [-0.1, -0.05) is 13.8 Å². The van der Waals surface area contributed by atoms with E-state index in [1.165, 1.54) is 51.5 Å². The first-order valence-electron chi connectivity index (χ1n) is 7.10. The molecule has 0 aliphatic heterocycles. The maximum Gasteiger partial charge on any atom is 0.0466 e. The van der Waals surface area contributed by atoms with E-state index in [1.807, 2.05) is 0 Å². The van der Waals surface area contributed by atoms with Crippen molar-refractivity contribution in [3.8, 4) is 0 Å². The largest absolute Gasteiger partial charge is 0.381 e. The Balaban J connectivity index is 1.64. The zero-order valence-corrected chi connectivity index (χ0v) is 11.1. The van der Waals surface area contributed by atoms with Crippen LogP contribution in [0.25, 0.3) is 0 Å². The molecule has 0 atom stereocenters. The Labute approximate surface area is 101 Å². The Morgan fingerprint density at radius 3 is 2.50 bits per heavy atom. The van der Waals surface area contributed by atoms with Crippen molar-refractivity contribution in [3.05, 3.63) is 0 Å². The van der Waals surface area contributed by atoms with Gasteiger partial charge in [0, 0.05) is 19.3 Å². The molecule has 0 spiro atoms. The van der Waals surface area contributed by atoms with Crippen molar-refractivity contribution in [3.63, 3.8) is 0 Å². The number of hydrogen-bond acceptors (Lipinski definition) is 2. The molecule has 0 bridgehead atoms. The van der Waals surface area contributed by atoms with Gasteiger partial charge in [-0.25, -0.2) is 0 Å². The zero-order valence-electron chi connectivity index (χ0n) is 11.1. The third-order valence-electron chi connectivity index (χ3n) is 3.05. The number of nitrogens with one attached hydrogen (secondary N) is 1. The van der Waals surface area contributed by atoms with Gasteiger partial charge in [0.05, 0.1) is 0 Å². The van der Waals surface area contributed by atoms with Gasteiger partial charge in [-0.15, -0.1) is 0 Å². The molecule has 1 aliphatic rings. The summed E-state index contributed by atoms with van der Waals surface area (Å²) in [5, 5.41) is 3.54. The highest BCUT2D eigenvalue weighted by atomic mass is 16.5. The molecule has 2 heteroatoms. The molecule has 1 rings (SSSR count). The molecule has 0 saturated heterocycles. The lowest BCUT2D eigenvalue weighted by Crippen LogP contribution is -2.17. The van der Waals surface area contributed by atoms with Crippen LogP contribution in [0.3, 0.4) is 0 Å². The van der Waals surface area contributed by atoms with Gasteiger partial charge in [0.25, 0.3) is 0 Å². The molecule has 1 aliphatic carbocycles. The monoisotopic (exact) mass is 227 g/mol. The van der Waals surface area contributed by atoms with E-state index in [0.717, 1.165) is 25.2 Å². The molecule has 96 valence electrons. The van der Waals surface area contributed by atoms with Gasteiger partial charge in [0.15, 0.2) is 0 Å². The fraction of sp³-hybridized carbons (Fsp3) is 1.00. The second-order valence-corrected chi connectivity index (χ2v) is 5.44. The van der Waals surface area contributed by atoms with E-state index in [-0.39, 0.29) is 0 Å². The molecule has 16 heavy (non-hydrogen) atoms. The molecule has 0 heterocycles. The summed E-state index contributed by atoms with van der Waals surface area (Å²) in [6.45, 7) is 7.66. The van der Waals surface area contributed by atoms with Gasteiger partial charge in [-0.2, -0.15) is 0 Å². The van der Waals surface area contributed by atoms with Crippen LogP contribution in [0.5, 0.6) is 0 Å². The average Bonchev–Trinajstić information content (AvgIpc) is 3.04. The minimum absolute atomic E-state index is 0.817. The smallest absolute Gasteiger partial charge is 0.0466 e. The van der Waals surface area contributed by atoms with E-state index in [0.29, 0.717) is 0 Å². The summed E-state index contributed by atoms with van der Waals surface area (Å²) >= 11 is 0. The third kappa shape index (κ3) is 9.17. The predicted octanol–water partition coefficient (Wildman–Crippen LogP) is 3.36. The number of rotatable bonds is 11. The first-order chi connectivity index (χ1) is 7.79. The van der Waals surface area contributed by atoms with E-state index in [4.69, 9.17) is 4.74 Å². The minimum atomic E-state index is 0.817. The van der Waals surface area contributed by atoms with Crippen LogP contribution in [0.1, 0.15) is 58.8 Å². The molecule has 1 saturated carbocycles. The quantitative estimate of drug-likeness (QED) is 0.546. The lowest BCUT2D eigenvalue weighted by molar-refractivity contribution is 0.124. The van der Waals surface area contributed by atoms with E-state index in [9.17, 15) is 0 Å². The lowest BCUT2D eigenvalue weighted by Gasteiger charge is -2.06. The Kier molecular flexibility index (Phi) is 7.87. The minimum Gasteiger partial charge on any atom is -0.381 e. The van der Waals surface area contributed by atoms with E-state index in [1.54, 1.807) is 0 Å². The molecule has 1 N–H and O–H groups in total. The highest BCUT2D eigenvalue weighted by Gasteiger charge is 2.19. The molecule has 0 unspecified atom stereocenters. The number of hydrogen-bond donors (Lipinski definition) is 1. The average molecular weight is 227 g/mol. The molecule has 0 aromatic heterocycles. The van der Waals surface area contributed by atoms with Gasteiger partial charge >= 0.3 is 0 Å². The SMILES string of the molecule is CC(C)CCCOCCCCCNC1CC1. The van der Waals surface area contributed by atoms with Crippen molar-refractivity contribution in [2.75, 3.05) is 19.8 Å². The third-order valence-corrected chi connectivity index (χ3v) is 3.05. The highest BCUT2D eigenvalue weighted by Crippen LogP contribution is 2.18. The fourth-order valence-electron chi connectivity index (χ4n) is 1.80. The first kappa shape index (κ1) is 14.0. The summed E-state index contributed by atoms with van der Waals surface area (Å²) in [5.41, 5.74) is 0. The predicted molar refractivity (Wildman–Crippen MR) is 69.8 cm³/mol. The molecule has 0 radical (unpaired) electrons. The standard InChI is InChI=1S/C14H29NO/c1-13(2)7-6-12-16-11-5-3-4-10-15-14-8-9-14/h13-15H,3-12H2,1-2H3. The summed E-state index contributed by atoms with van der Waals surface area (Å²) in [5.74, 6) is 0.817. The van der Waals surface area contributed by atoms with Crippen molar-refractivity contribution in [1.82, 2.24) is 5.32 Å². The van der Waals surface area contributed by atoms with Crippen LogP contribution in [0.4, 0.5) is 0 Å². The molecule has 2 nitrogen and oxygen atoms in total. The summed E-state index contributed by atoms with van der Waals surface area (Å²) in [6, 6.07) is 0.868. The topological polar surface area (TPSA) is 21.3 Å². The van der Waals surface area contributed by atoms with Crippen molar-refractivity contribution in [2.45, 2.75) is 64.8 Å². The summed E-state index contributed by atoms with van der Waals surface area (Å²) in [7, 11) is 0. The number of ether oxygens (including phenoxy) is 1. The second-order valence-electron chi connectivity index (χ2n) is 5.44. The molecular formula is C14H29NO. The first-order valence-corrected chi connectivity index (χ1v) is 7.10. The Morgan fingerprint density at radius 1 is 1.06 bits per heavy atom. The number of unbranched alkanes of at least 4 members (excludes halogenated alkanes) is 2. The van der Waals surface area contributed by atoms with Crippen LogP contribution >= 0.6 is 0 Å². The maximum absolute atomic E-state index is 5.60. The molecule has 0 amide bonds. The van der Waals surface area contributed by atoms with Gasteiger partial charge in [-0.05, 0) is 57.4 Å². The van der Waals surface area contributed by atoms with Gasteiger partial charge in [0.1, 0.15) is 0 Å². The van der Waals surface area contributed by atoms with Crippen LogP contribution in [-0.4, -0.2) is 25.8 Å². The lowest BCUT2D eigenvalue weighted by atomic mass is 10.1. The second kappa shape index (κ2) is 9.00. The molecule has 0 aromatic rings. The molecule has 0 aromatic carbocycles. The molecular weight excluding hydrogens is 198 g/mol. The Bertz CT molecular complexity index is 145. The van der Waals surface area contributed by atoms with Crippen molar-refractivity contribution in [2.24, 2.45) is 5.92 Å². The van der Waals surface area contributed by atoms with Crippen molar-refractivity contribution >= 4 is 0 Å². The Morgan fingerprint density at radius 2 is 1.81 bits per heavy atom. The highest BCUT2D eigenvalue weighted by molar-refractivity contribution is 4.80. The van der Waals surface area contributed by atoms with Crippen molar-refractivity contribution < 1.29 is 4.74 Å². The van der Waals surface area contributed by atoms with Crippen LogP contribution in [0, 0.1) is 5.92 Å². The summed E-state index contributed by atoms with van der Waals surface area (Å²) in [6.07, 6.45) is 9.17. The maximum atomic E-state index is 5.60. The van der Waals surface area contributed by atoms with Crippen LogP contribution in [0.15, 0.2) is 0 Å². The van der Waals surface area contributed by atoms with Crippen LogP contribution in [0.2, 0.25) is 0 Å². The van der Waals surface area contributed by atoms with Gasteiger partial charge < -0.3 is 10.1 Å². The van der Waals surface area contributed by atoms with E-state index in [2.05, 4.69) is 19.2 Å². The van der Waals surface area contributed by atoms with E-state index < -0.39 is 0 Å². The van der Waals surface area contributed by atoms with Gasteiger partial charge in [-0.3, -0.25) is 0 Å². The zero-order chi connectivity index (χ0) is 11.6. The fourth-order valence-corrected chi connectivity index (χ4v) is 1.80. The summed E-state index contributed by atoms with van der Waals surface area (Å²) < 4.78 is 5.60. The van der Waals surface area contributed by atoms with Crippen LogP contribution in [-0.2, 0) is 4.74 Å². The normalized spacial score (nSPS) is 15.9. The van der Waals surface area contributed by atoms with Crippen LogP contribution < -0.4 is 5.32 Å². The van der Waals surface area contributed by atoms with E-state index >= 15 is 0 Å². The van der Waals surface area contributed by atoms with Gasteiger partial charge in [0.2, 0.25) is 0 Å². The Hall–Kier alpha value is -0.0800. The molecule has 1 fully saturated rings.